The number of carbonyl (C=O) groups is 1. The van der Waals surface area contributed by atoms with Crippen LogP contribution in [0.2, 0.25) is 0 Å². The number of aryl methyl sites for hydroxylation is 2. The zero-order valence-electron chi connectivity index (χ0n) is 17.3. The number of hydrazine groups is 1. The smallest absolute Gasteiger partial charge is 0.333 e. The number of nitrogens with zero attached hydrogens (tertiary/aromatic N) is 2. The van der Waals surface area contributed by atoms with Crippen LogP contribution in [-0.2, 0) is 6.42 Å². The van der Waals surface area contributed by atoms with Gasteiger partial charge in [0.05, 0.1) is 0 Å². The highest BCUT2D eigenvalue weighted by molar-refractivity contribution is 5.88. The molecule has 1 aliphatic heterocycles. The third-order valence-electron chi connectivity index (χ3n) is 5.80. The third kappa shape index (κ3) is 4.07. The van der Waals surface area contributed by atoms with Crippen molar-refractivity contribution in [3.63, 3.8) is 0 Å². The summed E-state index contributed by atoms with van der Waals surface area (Å²) in [6.45, 7) is 12.9. The average Bonchev–Trinajstić information content (AvgIpc) is 2.72. The molecule has 0 spiro atoms. The van der Waals surface area contributed by atoms with E-state index in [1.165, 1.54) is 33.6 Å². The van der Waals surface area contributed by atoms with Gasteiger partial charge < -0.3 is 15.1 Å². The minimum Gasteiger partial charge on any atom is -0.368 e. The summed E-state index contributed by atoms with van der Waals surface area (Å²) in [6, 6.07) is 9.82. The monoisotopic (exact) mass is 381 g/mol. The molecule has 6 heteroatoms. The minimum atomic E-state index is -0.420. The van der Waals surface area contributed by atoms with Gasteiger partial charge in [0.2, 0.25) is 0 Å². The van der Waals surface area contributed by atoms with Crippen molar-refractivity contribution in [3.05, 3.63) is 52.6 Å². The van der Waals surface area contributed by atoms with Crippen LogP contribution in [0.1, 0.15) is 29.2 Å². The summed E-state index contributed by atoms with van der Waals surface area (Å²) in [7, 11) is 0. The summed E-state index contributed by atoms with van der Waals surface area (Å²) in [6.07, 6.45) is 1.06. The third-order valence-corrected chi connectivity index (χ3v) is 5.80. The Morgan fingerprint density at radius 2 is 1.61 bits per heavy atom. The van der Waals surface area contributed by atoms with E-state index in [1.807, 2.05) is 24.3 Å². The molecule has 6 nitrogen and oxygen atoms in total. The van der Waals surface area contributed by atoms with E-state index in [9.17, 15) is 4.79 Å². The van der Waals surface area contributed by atoms with Crippen LogP contribution in [0.25, 0.3) is 0 Å². The zero-order valence-corrected chi connectivity index (χ0v) is 17.3. The highest BCUT2D eigenvalue weighted by Gasteiger charge is 2.22. The fraction of sp³-hybridized carbons (Fsp3) is 0.409. The zero-order chi connectivity index (χ0) is 20.3. The molecule has 0 radical (unpaired) electrons. The highest BCUT2D eigenvalue weighted by atomic mass is 16.2. The molecule has 0 aromatic heterocycles. The van der Waals surface area contributed by atoms with Crippen molar-refractivity contribution >= 4 is 23.1 Å². The molecule has 1 heterocycles. The number of nitrogens with one attached hydrogen (secondary N) is 2. The van der Waals surface area contributed by atoms with Gasteiger partial charge in [0.25, 0.3) is 0 Å². The molecule has 0 saturated carbocycles. The topological polar surface area (TPSA) is 73.6 Å². The van der Waals surface area contributed by atoms with Gasteiger partial charge in [-0.15, -0.1) is 0 Å². The molecule has 3 rings (SSSR count). The van der Waals surface area contributed by atoms with Gasteiger partial charge in [0.1, 0.15) is 0 Å². The van der Waals surface area contributed by atoms with Crippen molar-refractivity contribution in [3.8, 4) is 0 Å². The van der Waals surface area contributed by atoms with Gasteiger partial charge in [-0.2, -0.15) is 0 Å². The second-order valence-electron chi connectivity index (χ2n) is 7.42. The van der Waals surface area contributed by atoms with E-state index < -0.39 is 6.03 Å². The fourth-order valence-corrected chi connectivity index (χ4v) is 3.97. The summed E-state index contributed by atoms with van der Waals surface area (Å²) in [5, 5.41) is 2.68. The predicted molar refractivity (Wildman–Crippen MR) is 117 cm³/mol. The minimum absolute atomic E-state index is 0.420. The summed E-state index contributed by atoms with van der Waals surface area (Å²) in [5.74, 6) is 5.10. The molecule has 2 aromatic carbocycles. The van der Waals surface area contributed by atoms with E-state index in [4.69, 9.17) is 5.84 Å². The number of hydrogen-bond donors (Lipinski definition) is 3. The van der Waals surface area contributed by atoms with Gasteiger partial charge in [0.15, 0.2) is 0 Å². The quantitative estimate of drug-likeness (QED) is 0.431. The summed E-state index contributed by atoms with van der Waals surface area (Å²) in [5.41, 5.74) is 11.0. The van der Waals surface area contributed by atoms with Crippen LogP contribution >= 0.6 is 0 Å². The van der Waals surface area contributed by atoms with Gasteiger partial charge in [-0.3, -0.25) is 5.43 Å². The van der Waals surface area contributed by atoms with E-state index >= 15 is 0 Å². The number of anilines is 3. The number of nitrogens with two attached hydrogens (primary N) is 1. The molecular formula is C22H31N5O. The van der Waals surface area contributed by atoms with Crippen molar-refractivity contribution in [2.24, 2.45) is 5.84 Å². The lowest BCUT2D eigenvalue weighted by atomic mass is 9.95. The lowest BCUT2D eigenvalue weighted by molar-refractivity contribution is 0.252. The summed E-state index contributed by atoms with van der Waals surface area (Å²) in [4.78, 5) is 16.2. The van der Waals surface area contributed by atoms with Crippen LogP contribution < -0.4 is 26.4 Å². The van der Waals surface area contributed by atoms with Crippen LogP contribution in [0, 0.1) is 20.8 Å². The molecule has 2 amide bonds. The maximum atomic E-state index is 11.3. The molecule has 4 N–H and O–H groups in total. The van der Waals surface area contributed by atoms with Crippen LogP contribution in [0.15, 0.2) is 30.3 Å². The predicted octanol–water partition coefficient (Wildman–Crippen LogP) is 3.50. The molecule has 150 valence electrons. The van der Waals surface area contributed by atoms with Gasteiger partial charge >= 0.3 is 6.03 Å². The first-order chi connectivity index (χ1) is 13.4. The summed E-state index contributed by atoms with van der Waals surface area (Å²) < 4.78 is 0. The number of urea groups is 1. The van der Waals surface area contributed by atoms with Crippen molar-refractivity contribution in [2.75, 3.05) is 41.3 Å². The van der Waals surface area contributed by atoms with E-state index in [0.717, 1.165) is 38.3 Å². The molecule has 0 bridgehead atoms. The van der Waals surface area contributed by atoms with Crippen LogP contribution in [0.3, 0.4) is 0 Å². The Morgan fingerprint density at radius 3 is 2.18 bits per heavy atom. The Bertz CT molecular complexity index is 839. The first-order valence-corrected chi connectivity index (χ1v) is 9.91. The first-order valence-electron chi connectivity index (χ1n) is 9.91. The van der Waals surface area contributed by atoms with Gasteiger partial charge in [-0.1, -0.05) is 13.0 Å². The van der Waals surface area contributed by atoms with Crippen molar-refractivity contribution < 1.29 is 4.79 Å². The average molecular weight is 382 g/mol. The van der Waals surface area contributed by atoms with Crippen LogP contribution in [0.4, 0.5) is 21.9 Å². The largest absolute Gasteiger partial charge is 0.368 e. The van der Waals surface area contributed by atoms with E-state index in [0.29, 0.717) is 0 Å². The van der Waals surface area contributed by atoms with Crippen LogP contribution in [-0.4, -0.2) is 32.2 Å². The normalized spacial score (nSPS) is 14.2. The molecule has 28 heavy (non-hydrogen) atoms. The number of carbonyl (C=O) groups excluding carboxylic acids is 1. The Morgan fingerprint density at radius 1 is 1.00 bits per heavy atom. The van der Waals surface area contributed by atoms with Crippen molar-refractivity contribution in [1.29, 1.82) is 0 Å². The molecule has 0 atom stereocenters. The second-order valence-corrected chi connectivity index (χ2v) is 7.42. The highest BCUT2D eigenvalue weighted by Crippen LogP contribution is 2.32. The molecule has 1 aliphatic rings. The van der Waals surface area contributed by atoms with Gasteiger partial charge in [0, 0.05) is 43.2 Å². The van der Waals surface area contributed by atoms with Crippen LogP contribution in [0.5, 0.6) is 0 Å². The maximum absolute atomic E-state index is 11.3. The SMILES string of the molecule is CCc1cc(C)c(C)c(C)c1N1CCN(c2ccc(NC(=O)NN)cc2)CC1. The van der Waals surface area contributed by atoms with E-state index in [1.54, 1.807) is 0 Å². The molecule has 0 unspecified atom stereocenters. The lowest BCUT2D eigenvalue weighted by Crippen LogP contribution is -2.47. The molecule has 1 saturated heterocycles. The molecule has 0 aliphatic carbocycles. The number of benzene rings is 2. The Labute approximate surface area is 167 Å². The number of rotatable bonds is 4. The maximum Gasteiger partial charge on any atom is 0.333 e. The number of hydrogen-bond acceptors (Lipinski definition) is 4. The Kier molecular flexibility index (Phi) is 6.09. The fourth-order valence-electron chi connectivity index (χ4n) is 3.97. The Hall–Kier alpha value is -2.73. The number of amides is 2. The summed E-state index contributed by atoms with van der Waals surface area (Å²) >= 11 is 0. The molecule has 1 fully saturated rings. The number of piperazine rings is 1. The van der Waals surface area contributed by atoms with E-state index in [2.05, 4.69) is 54.3 Å². The second kappa shape index (κ2) is 8.52. The lowest BCUT2D eigenvalue weighted by Gasteiger charge is -2.39. The molecule has 2 aromatic rings. The Balaban J connectivity index is 1.70. The van der Waals surface area contributed by atoms with Gasteiger partial charge in [-0.25, -0.2) is 10.6 Å². The van der Waals surface area contributed by atoms with E-state index in [-0.39, 0.29) is 0 Å². The van der Waals surface area contributed by atoms with Crippen molar-refractivity contribution in [2.45, 2.75) is 34.1 Å². The first kappa shape index (κ1) is 20.0. The standard InChI is InChI=1S/C22H31N5O/c1-5-18-14-15(2)16(3)17(4)21(18)27-12-10-26(11-13-27)20-8-6-19(7-9-20)24-22(28)25-23/h6-9,14H,5,10-13,23H2,1-4H3,(H2,24,25,28). The van der Waals surface area contributed by atoms with Crippen molar-refractivity contribution in [1.82, 2.24) is 5.43 Å². The molecular weight excluding hydrogens is 350 g/mol. The van der Waals surface area contributed by atoms with Gasteiger partial charge in [-0.05, 0) is 73.7 Å².